The van der Waals surface area contributed by atoms with Gasteiger partial charge in [0.25, 0.3) is 0 Å². The number of nitrogens with two attached hydrogens (primary N) is 1. The highest BCUT2D eigenvalue weighted by Crippen LogP contribution is 2.39. The maximum absolute atomic E-state index is 11.7. The first-order chi connectivity index (χ1) is 10.7. The predicted molar refractivity (Wildman–Crippen MR) is 89.5 cm³/mol. The number of carbonyl (C=O) groups excluding carboxylic acids is 1. The first-order valence-corrected chi connectivity index (χ1v) is 7.62. The normalized spacial score (nSPS) is 17.9. The maximum Gasteiger partial charge on any atom is 0.228 e. The van der Waals surface area contributed by atoms with Gasteiger partial charge >= 0.3 is 0 Å². The fourth-order valence-electron chi connectivity index (χ4n) is 3.14. The molecule has 2 aromatic rings. The molecule has 112 valence electrons. The van der Waals surface area contributed by atoms with E-state index in [1.807, 2.05) is 36.5 Å². The summed E-state index contributed by atoms with van der Waals surface area (Å²) in [6.45, 7) is 2.17. The second-order valence-corrected chi connectivity index (χ2v) is 5.52. The Morgan fingerprint density at radius 1 is 1.14 bits per heavy atom. The van der Waals surface area contributed by atoms with E-state index in [2.05, 4.69) is 42.2 Å². The van der Waals surface area contributed by atoms with Crippen LogP contribution in [0.1, 0.15) is 36.4 Å². The van der Waals surface area contributed by atoms with Gasteiger partial charge in [0.15, 0.2) is 0 Å². The number of carbonyl (C=O) groups is 1. The number of primary amides is 1. The topological polar surface area (TPSA) is 46.3 Å². The summed E-state index contributed by atoms with van der Waals surface area (Å²) < 4.78 is 0. The van der Waals surface area contributed by atoms with Crippen LogP contribution in [0, 0.1) is 0 Å². The molecule has 1 aliphatic heterocycles. The smallest absolute Gasteiger partial charge is 0.228 e. The summed E-state index contributed by atoms with van der Waals surface area (Å²) >= 11 is 0. The molecule has 3 rings (SSSR count). The third-order valence-electron chi connectivity index (χ3n) is 4.20. The molecule has 0 saturated carbocycles. The lowest BCUT2D eigenvalue weighted by Gasteiger charge is -2.36. The van der Waals surface area contributed by atoms with Gasteiger partial charge in [0.1, 0.15) is 0 Å². The Labute approximate surface area is 131 Å². The van der Waals surface area contributed by atoms with E-state index in [1.165, 1.54) is 5.56 Å². The molecule has 0 radical (unpaired) electrons. The molecule has 2 aromatic carbocycles. The van der Waals surface area contributed by atoms with Crippen molar-refractivity contribution in [2.45, 2.75) is 25.3 Å². The Hall–Kier alpha value is -2.55. The Kier molecular flexibility index (Phi) is 3.96. The molecule has 1 unspecified atom stereocenters. The lowest BCUT2D eigenvalue weighted by molar-refractivity contribution is -0.118. The van der Waals surface area contributed by atoms with Gasteiger partial charge in [-0.1, -0.05) is 61.5 Å². The van der Waals surface area contributed by atoms with E-state index in [1.54, 1.807) is 0 Å². The summed E-state index contributed by atoms with van der Waals surface area (Å²) in [5, 5.41) is 0. The summed E-state index contributed by atoms with van der Waals surface area (Å²) in [6.07, 6.45) is 4.87. The summed E-state index contributed by atoms with van der Waals surface area (Å²) in [6, 6.07) is 18.7. The minimum Gasteiger partial charge on any atom is -0.369 e. The van der Waals surface area contributed by atoms with Crippen LogP contribution in [-0.4, -0.2) is 5.91 Å². The fraction of sp³-hybridized carbons (Fsp3) is 0.211. The van der Waals surface area contributed by atoms with Crippen LogP contribution in [0.5, 0.6) is 0 Å². The highest BCUT2D eigenvalue weighted by molar-refractivity contribution is 5.87. The van der Waals surface area contributed by atoms with Crippen molar-refractivity contribution in [1.29, 1.82) is 0 Å². The van der Waals surface area contributed by atoms with E-state index >= 15 is 0 Å². The van der Waals surface area contributed by atoms with E-state index in [0.717, 1.165) is 17.7 Å². The maximum atomic E-state index is 11.7. The molecule has 3 heteroatoms. The lowest BCUT2D eigenvalue weighted by Crippen LogP contribution is -2.30. The third-order valence-corrected chi connectivity index (χ3v) is 4.20. The van der Waals surface area contributed by atoms with Crippen LogP contribution >= 0.6 is 0 Å². The van der Waals surface area contributed by atoms with Crippen LogP contribution in [0.3, 0.4) is 0 Å². The summed E-state index contributed by atoms with van der Waals surface area (Å²) in [5.41, 5.74) is 8.84. The SMILES string of the molecule is CC[C@@H](c1ccccc1)N1C=CC(C(N)=O)c2ccccc21. The Morgan fingerprint density at radius 3 is 2.50 bits per heavy atom. The molecular weight excluding hydrogens is 272 g/mol. The monoisotopic (exact) mass is 292 g/mol. The van der Waals surface area contributed by atoms with Crippen molar-refractivity contribution in [3.8, 4) is 0 Å². The molecule has 1 aliphatic rings. The van der Waals surface area contributed by atoms with Gasteiger partial charge in [-0.25, -0.2) is 0 Å². The van der Waals surface area contributed by atoms with Crippen molar-refractivity contribution in [3.05, 3.63) is 78.0 Å². The number of nitrogens with zero attached hydrogens (tertiary/aromatic N) is 1. The standard InChI is InChI=1S/C19H20N2O/c1-2-17(14-8-4-3-5-9-14)21-13-12-16(19(20)22)15-10-6-7-11-18(15)21/h3-13,16-17H,2H2,1H3,(H2,20,22)/t16?,17-/m0/s1. The van der Waals surface area contributed by atoms with Crippen LogP contribution in [0.25, 0.3) is 0 Å². The number of hydrogen-bond acceptors (Lipinski definition) is 2. The molecule has 0 aromatic heterocycles. The van der Waals surface area contributed by atoms with Gasteiger partial charge in [0, 0.05) is 11.9 Å². The van der Waals surface area contributed by atoms with Crippen molar-refractivity contribution >= 4 is 11.6 Å². The second kappa shape index (κ2) is 6.06. The molecule has 0 fully saturated rings. The third kappa shape index (κ3) is 2.50. The van der Waals surface area contributed by atoms with Crippen LogP contribution < -0.4 is 10.6 Å². The zero-order valence-corrected chi connectivity index (χ0v) is 12.6. The molecule has 0 saturated heterocycles. The highest BCUT2D eigenvalue weighted by Gasteiger charge is 2.28. The van der Waals surface area contributed by atoms with Gasteiger partial charge in [0.05, 0.1) is 12.0 Å². The van der Waals surface area contributed by atoms with Gasteiger partial charge in [-0.15, -0.1) is 0 Å². The summed E-state index contributed by atoms with van der Waals surface area (Å²) in [7, 11) is 0. The van der Waals surface area contributed by atoms with Crippen molar-refractivity contribution < 1.29 is 4.79 Å². The van der Waals surface area contributed by atoms with Crippen molar-refractivity contribution in [2.75, 3.05) is 4.90 Å². The van der Waals surface area contributed by atoms with Gasteiger partial charge in [0.2, 0.25) is 5.91 Å². The number of anilines is 1. The number of fused-ring (bicyclic) bond motifs is 1. The Bertz CT molecular complexity index is 694. The number of hydrogen-bond donors (Lipinski definition) is 1. The molecule has 0 aliphatic carbocycles. The van der Waals surface area contributed by atoms with Gasteiger partial charge in [-0.3, -0.25) is 4.79 Å². The molecule has 0 bridgehead atoms. The quantitative estimate of drug-likeness (QED) is 0.933. The van der Waals surface area contributed by atoms with Gasteiger partial charge in [-0.05, 0) is 23.6 Å². The largest absolute Gasteiger partial charge is 0.369 e. The molecule has 3 nitrogen and oxygen atoms in total. The minimum atomic E-state index is -0.347. The fourth-order valence-corrected chi connectivity index (χ4v) is 3.14. The van der Waals surface area contributed by atoms with Crippen molar-refractivity contribution in [2.24, 2.45) is 5.73 Å². The highest BCUT2D eigenvalue weighted by atomic mass is 16.1. The van der Waals surface area contributed by atoms with E-state index in [4.69, 9.17) is 5.73 Å². The molecule has 1 heterocycles. The van der Waals surface area contributed by atoms with Crippen LogP contribution in [0.15, 0.2) is 66.9 Å². The van der Waals surface area contributed by atoms with E-state index in [-0.39, 0.29) is 17.9 Å². The number of rotatable bonds is 4. The van der Waals surface area contributed by atoms with E-state index in [9.17, 15) is 4.79 Å². The Morgan fingerprint density at radius 2 is 1.82 bits per heavy atom. The van der Waals surface area contributed by atoms with Gasteiger partial charge < -0.3 is 10.6 Å². The first kappa shape index (κ1) is 14.4. The van der Waals surface area contributed by atoms with E-state index in [0.29, 0.717) is 0 Å². The van der Waals surface area contributed by atoms with Crippen molar-refractivity contribution in [1.82, 2.24) is 0 Å². The second-order valence-electron chi connectivity index (χ2n) is 5.52. The average Bonchev–Trinajstić information content (AvgIpc) is 2.56. The van der Waals surface area contributed by atoms with Crippen LogP contribution in [0.4, 0.5) is 5.69 Å². The molecule has 1 amide bonds. The summed E-state index contributed by atoms with van der Waals surface area (Å²) in [5.74, 6) is -0.656. The molecule has 2 N–H and O–H groups in total. The van der Waals surface area contributed by atoms with Crippen molar-refractivity contribution in [3.63, 3.8) is 0 Å². The predicted octanol–water partition coefficient (Wildman–Crippen LogP) is 3.74. The van der Waals surface area contributed by atoms with Crippen LogP contribution in [-0.2, 0) is 4.79 Å². The number of para-hydroxylation sites is 1. The van der Waals surface area contributed by atoms with Gasteiger partial charge in [-0.2, -0.15) is 0 Å². The lowest BCUT2D eigenvalue weighted by atomic mass is 9.91. The summed E-state index contributed by atoms with van der Waals surface area (Å²) in [4.78, 5) is 13.9. The Balaban J connectivity index is 2.05. The molecule has 2 atom stereocenters. The van der Waals surface area contributed by atoms with Crippen LogP contribution in [0.2, 0.25) is 0 Å². The average molecular weight is 292 g/mol. The minimum absolute atomic E-state index is 0.243. The number of benzene rings is 2. The zero-order chi connectivity index (χ0) is 15.5. The zero-order valence-electron chi connectivity index (χ0n) is 12.6. The number of amides is 1. The first-order valence-electron chi connectivity index (χ1n) is 7.62. The molecule has 0 spiro atoms. The molecule has 22 heavy (non-hydrogen) atoms. The van der Waals surface area contributed by atoms with E-state index < -0.39 is 0 Å². The molecular formula is C19H20N2O.